The van der Waals surface area contributed by atoms with Crippen LogP contribution < -0.4 is 10.1 Å². The zero-order valence-corrected chi connectivity index (χ0v) is 8.42. The summed E-state index contributed by atoms with van der Waals surface area (Å²) in [4.78, 5) is 0. The van der Waals surface area contributed by atoms with E-state index >= 15 is 0 Å². The van der Waals surface area contributed by atoms with Gasteiger partial charge in [-0.25, -0.2) is 0 Å². The largest absolute Gasteiger partial charge is 0.497 e. The van der Waals surface area contributed by atoms with Crippen LogP contribution in [0.4, 0.5) is 0 Å². The summed E-state index contributed by atoms with van der Waals surface area (Å²) in [6.45, 7) is 1.08. The monoisotopic (exact) mass is 189 g/mol. The van der Waals surface area contributed by atoms with Crippen LogP contribution >= 0.6 is 0 Å². The molecule has 2 heteroatoms. The first-order chi connectivity index (χ1) is 6.88. The molecule has 14 heavy (non-hydrogen) atoms. The number of hydrogen-bond acceptors (Lipinski definition) is 2. The molecule has 0 fully saturated rings. The van der Waals surface area contributed by atoms with E-state index in [0.717, 1.165) is 25.1 Å². The van der Waals surface area contributed by atoms with Crippen molar-refractivity contribution in [2.75, 3.05) is 13.7 Å². The Morgan fingerprint density at radius 3 is 3.07 bits per heavy atom. The zero-order chi connectivity index (χ0) is 9.80. The van der Waals surface area contributed by atoms with Crippen LogP contribution in [0.2, 0.25) is 0 Å². The third-order valence-electron chi connectivity index (χ3n) is 2.42. The van der Waals surface area contributed by atoms with Crippen LogP contribution in [0.15, 0.2) is 36.0 Å². The minimum Gasteiger partial charge on any atom is -0.497 e. The maximum atomic E-state index is 5.18. The highest BCUT2D eigenvalue weighted by Gasteiger charge is 2.04. The maximum Gasteiger partial charge on any atom is 0.119 e. The molecule has 0 bridgehead atoms. The van der Waals surface area contributed by atoms with Crippen molar-refractivity contribution in [3.63, 3.8) is 0 Å². The molecule has 2 rings (SSSR count). The van der Waals surface area contributed by atoms with Crippen LogP contribution in [0, 0.1) is 0 Å². The molecule has 0 amide bonds. The zero-order valence-electron chi connectivity index (χ0n) is 8.42. The highest BCUT2D eigenvalue weighted by molar-refractivity contribution is 5.31. The van der Waals surface area contributed by atoms with E-state index in [1.165, 1.54) is 11.3 Å². The fourth-order valence-electron chi connectivity index (χ4n) is 1.69. The van der Waals surface area contributed by atoms with Crippen LogP contribution in [0.25, 0.3) is 0 Å². The van der Waals surface area contributed by atoms with E-state index in [4.69, 9.17) is 4.74 Å². The number of nitrogens with one attached hydrogen (secondary N) is 1. The molecule has 0 atom stereocenters. The van der Waals surface area contributed by atoms with Gasteiger partial charge in [-0.1, -0.05) is 18.2 Å². The van der Waals surface area contributed by atoms with Gasteiger partial charge in [-0.15, -0.1) is 0 Å². The molecule has 74 valence electrons. The SMILES string of the molecule is COc1cccc(CC2=CCCN2)c1. The van der Waals surface area contributed by atoms with Crippen molar-refractivity contribution in [3.8, 4) is 5.75 Å². The van der Waals surface area contributed by atoms with Gasteiger partial charge in [0.25, 0.3) is 0 Å². The number of ether oxygens (including phenoxy) is 1. The number of hydrogen-bond donors (Lipinski definition) is 1. The molecule has 1 N–H and O–H groups in total. The van der Waals surface area contributed by atoms with Gasteiger partial charge >= 0.3 is 0 Å². The lowest BCUT2D eigenvalue weighted by molar-refractivity contribution is 0.414. The molecule has 0 radical (unpaired) electrons. The lowest BCUT2D eigenvalue weighted by atomic mass is 10.1. The average Bonchev–Trinajstić information content (AvgIpc) is 2.71. The van der Waals surface area contributed by atoms with Gasteiger partial charge in [-0.05, 0) is 24.1 Å². The first kappa shape index (κ1) is 9.13. The van der Waals surface area contributed by atoms with Gasteiger partial charge < -0.3 is 10.1 Å². The quantitative estimate of drug-likeness (QED) is 0.786. The first-order valence-corrected chi connectivity index (χ1v) is 4.94. The number of allylic oxidation sites excluding steroid dienone is 1. The van der Waals surface area contributed by atoms with Gasteiger partial charge in [0.05, 0.1) is 7.11 Å². The fourth-order valence-corrected chi connectivity index (χ4v) is 1.69. The van der Waals surface area contributed by atoms with E-state index in [1.807, 2.05) is 12.1 Å². The van der Waals surface area contributed by atoms with Crippen molar-refractivity contribution in [3.05, 3.63) is 41.6 Å². The summed E-state index contributed by atoms with van der Waals surface area (Å²) >= 11 is 0. The first-order valence-electron chi connectivity index (χ1n) is 4.94. The van der Waals surface area contributed by atoms with E-state index in [-0.39, 0.29) is 0 Å². The third-order valence-corrected chi connectivity index (χ3v) is 2.42. The van der Waals surface area contributed by atoms with Crippen LogP contribution in [0.5, 0.6) is 5.75 Å². The Labute approximate surface area is 84.6 Å². The number of methoxy groups -OCH3 is 1. The van der Waals surface area contributed by atoms with Crippen molar-refractivity contribution in [2.45, 2.75) is 12.8 Å². The molecule has 0 unspecified atom stereocenters. The maximum absolute atomic E-state index is 5.18. The van der Waals surface area contributed by atoms with Gasteiger partial charge in [0.2, 0.25) is 0 Å². The van der Waals surface area contributed by atoms with Gasteiger partial charge in [0, 0.05) is 18.7 Å². The average molecular weight is 189 g/mol. The Bertz CT molecular complexity index is 344. The molecule has 0 aliphatic carbocycles. The van der Waals surface area contributed by atoms with E-state index in [0.29, 0.717) is 0 Å². The minimum atomic E-state index is 0.932. The van der Waals surface area contributed by atoms with Gasteiger partial charge in [-0.2, -0.15) is 0 Å². The predicted octanol–water partition coefficient (Wildman–Crippen LogP) is 2.11. The summed E-state index contributed by atoms with van der Waals surface area (Å²) < 4.78 is 5.18. The summed E-state index contributed by atoms with van der Waals surface area (Å²) in [5.74, 6) is 0.932. The highest BCUT2D eigenvalue weighted by atomic mass is 16.5. The van der Waals surface area contributed by atoms with Crippen molar-refractivity contribution < 1.29 is 4.74 Å². The topological polar surface area (TPSA) is 21.3 Å². The second-order valence-electron chi connectivity index (χ2n) is 3.47. The molecule has 0 aromatic heterocycles. The van der Waals surface area contributed by atoms with Crippen LogP contribution in [-0.4, -0.2) is 13.7 Å². The molecule has 1 aromatic carbocycles. The third kappa shape index (κ3) is 2.08. The summed E-state index contributed by atoms with van der Waals surface area (Å²) in [6.07, 6.45) is 4.40. The summed E-state index contributed by atoms with van der Waals surface area (Å²) in [7, 11) is 1.70. The molecular formula is C12H15NO. The predicted molar refractivity (Wildman–Crippen MR) is 57.4 cm³/mol. The Hall–Kier alpha value is -1.44. The molecule has 0 spiro atoms. The number of rotatable bonds is 3. The molecule has 2 nitrogen and oxygen atoms in total. The van der Waals surface area contributed by atoms with Crippen molar-refractivity contribution in [2.24, 2.45) is 0 Å². The smallest absolute Gasteiger partial charge is 0.119 e. The minimum absolute atomic E-state index is 0.932. The normalized spacial score (nSPS) is 14.8. The molecule has 1 aliphatic rings. The Morgan fingerprint density at radius 2 is 2.36 bits per heavy atom. The second kappa shape index (κ2) is 4.18. The molecule has 0 saturated heterocycles. The molecule has 1 aliphatic heterocycles. The summed E-state index contributed by atoms with van der Waals surface area (Å²) in [5, 5.41) is 3.36. The van der Waals surface area contributed by atoms with Crippen LogP contribution in [0.1, 0.15) is 12.0 Å². The lowest BCUT2D eigenvalue weighted by Gasteiger charge is -2.06. The Morgan fingerprint density at radius 1 is 1.43 bits per heavy atom. The number of benzene rings is 1. The second-order valence-corrected chi connectivity index (χ2v) is 3.47. The molecule has 0 saturated carbocycles. The summed E-state index contributed by atoms with van der Waals surface area (Å²) in [6, 6.07) is 8.22. The fraction of sp³-hybridized carbons (Fsp3) is 0.333. The standard InChI is InChI=1S/C12H15NO/c1-14-12-6-2-4-10(9-12)8-11-5-3-7-13-11/h2,4-6,9,13H,3,7-8H2,1H3. The molecule has 1 aromatic rings. The highest BCUT2D eigenvalue weighted by Crippen LogP contribution is 2.16. The Balaban J connectivity index is 2.08. The van der Waals surface area contributed by atoms with E-state index in [1.54, 1.807) is 7.11 Å². The molecule has 1 heterocycles. The van der Waals surface area contributed by atoms with E-state index < -0.39 is 0 Å². The van der Waals surface area contributed by atoms with Gasteiger partial charge in [-0.3, -0.25) is 0 Å². The van der Waals surface area contributed by atoms with Crippen LogP contribution in [0.3, 0.4) is 0 Å². The van der Waals surface area contributed by atoms with Gasteiger partial charge in [0.15, 0.2) is 0 Å². The van der Waals surface area contributed by atoms with Crippen molar-refractivity contribution in [1.29, 1.82) is 0 Å². The summed E-state index contributed by atoms with van der Waals surface area (Å²) in [5.41, 5.74) is 2.63. The van der Waals surface area contributed by atoms with Crippen LogP contribution in [-0.2, 0) is 6.42 Å². The van der Waals surface area contributed by atoms with E-state index in [2.05, 4.69) is 23.5 Å². The van der Waals surface area contributed by atoms with E-state index in [9.17, 15) is 0 Å². The Kier molecular flexibility index (Phi) is 2.73. The van der Waals surface area contributed by atoms with Gasteiger partial charge in [0.1, 0.15) is 5.75 Å². The van der Waals surface area contributed by atoms with Crippen molar-refractivity contribution >= 4 is 0 Å². The van der Waals surface area contributed by atoms with Crippen molar-refractivity contribution in [1.82, 2.24) is 5.32 Å². The lowest BCUT2D eigenvalue weighted by Crippen LogP contribution is -2.09. The molecular weight excluding hydrogens is 174 g/mol.